The summed E-state index contributed by atoms with van der Waals surface area (Å²) in [6, 6.07) is 4.72. The first kappa shape index (κ1) is 28.9. The molecule has 0 atom stereocenters. The normalized spacial score (nSPS) is 14.5. The van der Waals surface area contributed by atoms with Gasteiger partial charge in [0.05, 0.1) is 20.6 Å². The van der Waals surface area contributed by atoms with Crippen LogP contribution in [0.5, 0.6) is 0 Å². The highest BCUT2D eigenvalue weighted by atomic mass is 35.5. The average Bonchev–Trinajstić information content (AvgIpc) is 3.20. The molecule has 2 heterocycles. The number of carbonyl (C=O) groups is 1. The van der Waals surface area contributed by atoms with Crippen molar-refractivity contribution in [2.75, 3.05) is 0 Å². The van der Waals surface area contributed by atoms with Gasteiger partial charge in [0, 0.05) is 23.7 Å². The van der Waals surface area contributed by atoms with E-state index in [-0.39, 0.29) is 21.0 Å². The minimum atomic E-state index is -3.83. The Balaban J connectivity index is 1.75. The first-order valence-electron chi connectivity index (χ1n) is 12.3. The van der Waals surface area contributed by atoms with Gasteiger partial charge in [-0.1, -0.05) is 48.5 Å². The molecule has 1 aromatic carbocycles. The van der Waals surface area contributed by atoms with E-state index < -0.39 is 15.6 Å². The zero-order chi connectivity index (χ0) is 27.7. The van der Waals surface area contributed by atoms with Crippen molar-refractivity contribution >= 4 is 51.0 Å². The lowest BCUT2D eigenvalue weighted by Gasteiger charge is -2.24. The fourth-order valence-corrected chi connectivity index (χ4v) is 7.55. The van der Waals surface area contributed by atoms with Gasteiger partial charge in [0.25, 0.3) is 6.47 Å². The van der Waals surface area contributed by atoms with Gasteiger partial charge in [0.2, 0.25) is 10.0 Å². The Labute approximate surface area is 237 Å². The van der Waals surface area contributed by atoms with Gasteiger partial charge in [-0.25, -0.2) is 28.1 Å². The Hall–Kier alpha value is -2.11. The van der Waals surface area contributed by atoms with Crippen LogP contribution in [0.3, 0.4) is 0 Å². The summed E-state index contributed by atoms with van der Waals surface area (Å²) in [5.41, 5.74) is 2.16. The lowest BCUT2D eigenvalue weighted by Crippen LogP contribution is -2.30. The smallest absolute Gasteiger partial charge is 0.293 e. The zero-order valence-corrected chi connectivity index (χ0v) is 24.8. The number of benzene rings is 1. The molecular weight excluding hydrogens is 567 g/mol. The molecule has 0 radical (unpaired) electrons. The minimum absolute atomic E-state index is 0.0245. The van der Waals surface area contributed by atoms with Gasteiger partial charge in [-0.2, -0.15) is 0 Å². The van der Waals surface area contributed by atoms with Crippen LogP contribution in [0.15, 0.2) is 29.4 Å². The lowest BCUT2D eigenvalue weighted by molar-refractivity contribution is -0.140. The van der Waals surface area contributed by atoms with Crippen LogP contribution in [0.25, 0.3) is 21.1 Å². The summed E-state index contributed by atoms with van der Waals surface area (Å²) in [6.45, 7) is 7.54. The monoisotopic (exact) mass is 596 g/mol. The summed E-state index contributed by atoms with van der Waals surface area (Å²) >= 11 is 14.7. The molecule has 0 aliphatic heterocycles. The molecule has 1 fully saturated rings. The van der Waals surface area contributed by atoms with Crippen LogP contribution >= 0.6 is 34.5 Å². The van der Waals surface area contributed by atoms with Crippen LogP contribution in [0.1, 0.15) is 58.3 Å². The Morgan fingerprint density at radius 1 is 1.21 bits per heavy atom. The summed E-state index contributed by atoms with van der Waals surface area (Å²) in [5.74, 6) is 0.537. The van der Waals surface area contributed by atoms with Gasteiger partial charge in [-0.05, 0) is 52.2 Å². The van der Waals surface area contributed by atoms with Crippen molar-refractivity contribution in [3.05, 3.63) is 46.0 Å². The lowest BCUT2D eigenvalue weighted by atomic mass is 9.82. The number of halogens is 2. The number of hydrogen-bond donors (Lipinski definition) is 1. The topological polar surface area (TPSA) is 111 Å². The molecule has 0 unspecified atom stereocenters. The first-order valence-corrected chi connectivity index (χ1v) is 15.4. The second-order valence-corrected chi connectivity index (χ2v) is 13.8. The number of sulfonamides is 1. The van der Waals surface area contributed by atoms with Crippen molar-refractivity contribution in [1.82, 2.24) is 19.7 Å². The van der Waals surface area contributed by atoms with E-state index in [2.05, 4.69) is 14.7 Å². The third-order valence-corrected chi connectivity index (χ3v) is 10.1. The first-order chi connectivity index (χ1) is 17.9. The van der Waals surface area contributed by atoms with Crippen molar-refractivity contribution in [3.8, 4) is 21.1 Å². The fourth-order valence-electron chi connectivity index (χ4n) is 4.29. The molecule has 1 aliphatic carbocycles. The molecule has 8 nitrogen and oxygen atoms in total. The van der Waals surface area contributed by atoms with Gasteiger partial charge in [0.15, 0.2) is 0 Å². The fraction of sp³-hybridized carbons (Fsp3) is 0.462. The Kier molecular flexibility index (Phi) is 8.78. The van der Waals surface area contributed by atoms with Crippen LogP contribution in [0.2, 0.25) is 10.0 Å². The maximum absolute atomic E-state index is 12.8. The number of rotatable bonds is 11. The predicted molar refractivity (Wildman–Crippen MR) is 150 cm³/mol. The molecule has 3 aromatic rings. The van der Waals surface area contributed by atoms with Crippen LogP contribution in [0, 0.1) is 5.92 Å². The minimum Gasteiger partial charge on any atom is -0.461 e. The summed E-state index contributed by atoms with van der Waals surface area (Å²) < 4.78 is 33.3. The largest absolute Gasteiger partial charge is 0.461 e. The van der Waals surface area contributed by atoms with E-state index in [4.69, 9.17) is 32.9 Å². The third-order valence-electron chi connectivity index (χ3n) is 6.29. The molecule has 38 heavy (non-hydrogen) atoms. The molecule has 0 saturated heterocycles. The van der Waals surface area contributed by atoms with E-state index >= 15 is 0 Å². The highest BCUT2D eigenvalue weighted by Gasteiger charge is 2.28. The summed E-state index contributed by atoms with van der Waals surface area (Å²) in [4.78, 5) is 25.3. The van der Waals surface area contributed by atoms with E-state index in [1.165, 1.54) is 30.2 Å². The van der Waals surface area contributed by atoms with Gasteiger partial charge in [-0.15, -0.1) is 11.3 Å². The highest BCUT2D eigenvalue weighted by Crippen LogP contribution is 2.44. The maximum atomic E-state index is 12.8. The Morgan fingerprint density at radius 2 is 1.95 bits per heavy atom. The summed E-state index contributed by atoms with van der Waals surface area (Å²) in [7, 11) is -3.83. The van der Waals surface area contributed by atoms with Gasteiger partial charge >= 0.3 is 0 Å². The molecule has 12 heteroatoms. The Bertz CT molecular complexity index is 1440. The van der Waals surface area contributed by atoms with Gasteiger partial charge in [-0.3, -0.25) is 4.79 Å². The number of hydrogen-bond acceptors (Lipinski definition) is 8. The van der Waals surface area contributed by atoms with E-state index in [0.29, 0.717) is 40.8 Å². The molecule has 0 spiro atoms. The summed E-state index contributed by atoms with van der Waals surface area (Å²) in [6.07, 6.45) is 6.15. The SMILES string of the molecule is CC(C)NS(=O)(=O)c1ccc(-c2sc(-c3cc(CC(C)(C)OC=O)ncn3)nc2CC2CCC2)c(Cl)c1Cl. The van der Waals surface area contributed by atoms with Crippen molar-refractivity contribution in [2.24, 2.45) is 5.92 Å². The Morgan fingerprint density at radius 3 is 2.58 bits per heavy atom. The number of nitrogens with zero attached hydrogens (tertiary/aromatic N) is 3. The highest BCUT2D eigenvalue weighted by molar-refractivity contribution is 7.89. The van der Waals surface area contributed by atoms with E-state index in [0.717, 1.165) is 29.8 Å². The average molecular weight is 598 g/mol. The molecular formula is C26H30Cl2N4O4S2. The van der Waals surface area contributed by atoms with Crippen LogP contribution < -0.4 is 4.72 Å². The number of thiazole rings is 1. The van der Waals surface area contributed by atoms with E-state index in [1.54, 1.807) is 19.9 Å². The number of aromatic nitrogens is 3. The number of nitrogens with one attached hydrogen (secondary N) is 1. The number of carbonyl (C=O) groups excluding carboxylic acids is 1. The van der Waals surface area contributed by atoms with Crippen LogP contribution in [-0.2, 0) is 32.4 Å². The van der Waals surface area contributed by atoms with Crippen molar-refractivity contribution in [2.45, 2.75) is 76.3 Å². The molecule has 0 amide bonds. The predicted octanol–water partition coefficient (Wildman–Crippen LogP) is 6.10. The molecule has 1 aliphatic rings. The van der Waals surface area contributed by atoms with Crippen molar-refractivity contribution in [1.29, 1.82) is 0 Å². The second-order valence-electron chi connectivity index (χ2n) is 10.4. The third kappa shape index (κ3) is 6.54. The molecule has 204 valence electrons. The molecule has 1 saturated carbocycles. The quantitative estimate of drug-likeness (QED) is 0.266. The van der Waals surface area contributed by atoms with Gasteiger partial charge in [0.1, 0.15) is 27.5 Å². The number of ether oxygens (including phenoxy) is 1. The van der Waals surface area contributed by atoms with Crippen molar-refractivity contribution < 1.29 is 17.9 Å². The van der Waals surface area contributed by atoms with E-state index in [9.17, 15) is 13.2 Å². The second kappa shape index (κ2) is 11.6. The van der Waals surface area contributed by atoms with Crippen LogP contribution in [-0.4, -0.2) is 41.5 Å². The van der Waals surface area contributed by atoms with Crippen molar-refractivity contribution in [3.63, 3.8) is 0 Å². The molecule has 0 bridgehead atoms. The van der Waals surface area contributed by atoms with Gasteiger partial charge < -0.3 is 4.74 Å². The molecule has 1 N–H and O–H groups in total. The van der Waals surface area contributed by atoms with Crippen LogP contribution in [0.4, 0.5) is 0 Å². The molecule has 2 aromatic heterocycles. The maximum Gasteiger partial charge on any atom is 0.293 e. The standard InChI is InChI=1S/C26H30Cl2N4O4S2/c1-15(2)32-38(34,35)21-9-8-18(22(27)23(21)28)24-19(10-16-6-5-7-16)31-25(37-24)20-11-17(29-13-30-20)12-26(3,4)36-14-33/h8-9,11,13-16,32H,5-7,10,12H2,1-4H3. The van der Waals surface area contributed by atoms with E-state index in [1.807, 2.05) is 19.9 Å². The zero-order valence-electron chi connectivity index (χ0n) is 21.6. The summed E-state index contributed by atoms with van der Waals surface area (Å²) in [5, 5.41) is 0.834. The molecule has 4 rings (SSSR count).